The molecule has 2 aliphatic heterocycles. The Morgan fingerprint density at radius 3 is 2.19 bits per heavy atom. The zero-order chi connectivity index (χ0) is 22.4. The Bertz CT molecular complexity index is 949. The molecule has 5 heteroatoms. The third-order valence-corrected chi connectivity index (χ3v) is 6.23. The highest BCUT2D eigenvalue weighted by atomic mass is 16.7. The fraction of sp³-hybridized carbons (Fsp3) is 0.538. The first-order chi connectivity index (χ1) is 14.6. The van der Waals surface area contributed by atoms with E-state index in [4.69, 9.17) is 14.2 Å². The third-order valence-electron chi connectivity index (χ3n) is 6.23. The molecular weight excluding hydrogens is 390 g/mol. The number of benzene rings is 2. The molecule has 2 aromatic rings. The van der Waals surface area contributed by atoms with Crippen molar-refractivity contribution in [3.8, 4) is 17.2 Å². The number of hydrogen-bond acceptors (Lipinski definition) is 5. The lowest BCUT2D eigenvalue weighted by molar-refractivity contribution is 0.0235. The van der Waals surface area contributed by atoms with E-state index in [1.165, 1.54) is 5.56 Å². The van der Waals surface area contributed by atoms with Crippen LogP contribution in [0.5, 0.6) is 17.2 Å². The van der Waals surface area contributed by atoms with E-state index in [2.05, 4.69) is 70.7 Å². The van der Waals surface area contributed by atoms with Crippen LogP contribution >= 0.6 is 0 Å². The van der Waals surface area contributed by atoms with E-state index < -0.39 is 0 Å². The second kappa shape index (κ2) is 8.03. The van der Waals surface area contributed by atoms with E-state index >= 15 is 0 Å². The number of morpholine rings is 1. The van der Waals surface area contributed by atoms with Crippen molar-refractivity contribution in [2.75, 3.05) is 33.1 Å². The molecule has 2 aromatic carbocycles. The molecule has 0 saturated carbocycles. The summed E-state index contributed by atoms with van der Waals surface area (Å²) in [5.41, 5.74) is 4.03. The maximum Gasteiger partial charge on any atom is 0.231 e. The van der Waals surface area contributed by atoms with E-state index in [0.29, 0.717) is 19.0 Å². The Morgan fingerprint density at radius 1 is 0.871 bits per heavy atom. The SMILES string of the molecule is CC(C)(C)c1cc([C@H](c2ccc3c(c2)OCO3)N2CCOCC2)c(O)c(C(C)(C)C)c1. The van der Waals surface area contributed by atoms with Gasteiger partial charge in [0.05, 0.1) is 19.3 Å². The van der Waals surface area contributed by atoms with E-state index in [-0.39, 0.29) is 23.7 Å². The molecule has 168 valence electrons. The fourth-order valence-corrected chi connectivity index (χ4v) is 4.38. The summed E-state index contributed by atoms with van der Waals surface area (Å²) < 4.78 is 16.8. The number of nitrogens with zero attached hydrogens (tertiary/aromatic N) is 1. The number of fused-ring (bicyclic) bond motifs is 1. The molecule has 1 fully saturated rings. The summed E-state index contributed by atoms with van der Waals surface area (Å²) in [6.07, 6.45) is 0. The third kappa shape index (κ3) is 4.39. The van der Waals surface area contributed by atoms with Crippen molar-refractivity contribution >= 4 is 0 Å². The Labute approximate surface area is 185 Å². The Kier molecular flexibility index (Phi) is 5.69. The zero-order valence-electron chi connectivity index (χ0n) is 19.6. The molecule has 2 heterocycles. The summed E-state index contributed by atoms with van der Waals surface area (Å²) in [5, 5.41) is 11.6. The van der Waals surface area contributed by atoms with Crippen LogP contribution < -0.4 is 9.47 Å². The molecule has 0 aliphatic carbocycles. The lowest BCUT2D eigenvalue weighted by Gasteiger charge is -2.37. The number of hydrogen-bond donors (Lipinski definition) is 1. The highest BCUT2D eigenvalue weighted by Gasteiger charge is 2.32. The lowest BCUT2D eigenvalue weighted by atomic mass is 9.77. The number of rotatable bonds is 3. The maximum atomic E-state index is 11.6. The molecular formula is C26H35NO4. The molecule has 5 nitrogen and oxygen atoms in total. The van der Waals surface area contributed by atoms with E-state index in [9.17, 15) is 5.11 Å². The van der Waals surface area contributed by atoms with Crippen molar-refractivity contribution < 1.29 is 19.3 Å². The van der Waals surface area contributed by atoms with Gasteiger partial charge in [-0.05, 0) is 45.7 Å². The summed E-state index contributed by atoms with van der Waals surface area (Å²) in [4.78, 5) is 2.40. The van der Waals surface area contributed by atoms with Gasteiger partial charge < -0.3 is 19.3 Å². The largest absolute Gasteiger partial charge is 0.507 e. The molecule has 1 N–H and O–H groups in total. The van der Waals surface area contributed by atoms with Crippen molar-refractivity contribution in [2.24, 2.45) is 0 Å². The van der Waals surface area contributed by atoms with Gasteiger partial charge in [0.25, 0.3) is 0 Å². The molecule has 1 saturated heterocycles. The second-order valence-electron chi connectivity index (χ2n) is 10.6. The first kappa shape index (κ1) is 22.0. The summed E-state index contributed by atoms with van der Waals surface area (Å²) >= 11 is 0. The monoisotopic (exact) mass is 425 g/mol. The van der Waals surface area contributed by atoms with Gasteiger partial charge in [-0.1, -0.05) is 53.7 Å². The molecule has 0 aromatic heterocycles. The van der Waals surface area contributed by atoms with Crippen LogP contribution in [0.25, 0.3) is 0 Å². The van der Waals surface area contributed by atoms with Crippen molar-refractivity contribution in [3.05, 3.63) is 52.6 Å². The van der Waals surface area contributed by atoms with Crippen LogP contribution in [0, 0.1) is 0 Å². The van der Waals surface area contributed by atoms with Crippen LogP contribution in [-0.4, -0.2) is 43.1 Å². The average Bonchev–Trinajstić information content (AvgIpc) is 3.16. The Hall–Kier alpha value is -2.24. The van der Waals surface area contributed by atoms with Gasteiger partial charge in [-0.3, -0.25) is 4.90 Å². The summed E-state index contributed by atoms with van der Waals surface area (Å²) in [5.74, 6) is 1.92. The number of ether oxygens (including phenoxy) is 3. The van der Waals surface area contributed by atoms with Gasteiger partial charge >= 0.3 is 0 Å². The van der Waals surface area contributed by atoms with Gasteiger partial charge in [-0.2, -0.15) is 0 Å². The van der Waals surface area contributed by atoms with Gasteiger partial charge in [-0.15, -0.1) is 0 Å². The van der Waals surface area contributed by atoms with Crippen molar-refractivity contribution in [3.63, 3.8) is 0 Å². The summed E-state index contributed by atoms with van der Waals surface area (Å²) in [7, 11) is 0. The zero-order valence-corrected chi connectivity index (χ0v) is 19.6. The van der Waals surface area contributed by atoms with Crippen molar-refractivity contribution in [1.82, 2.24) is 4.90 Å². The number of phenols is 1. The molecule has 0 radical (unpaired) electrons. The highest BCUT2D eigenvalue weighted by molar-refractivity contribution is 5.54. The fourth-order valence-electron chi connectivity index (χ4n) is 4.38. The van der Waals surface area contributed by atoms with Crippen LogP contribution in [0.2, 0.25) is 0 Å². The molecule has 1 atom stereocenters. The van der Waals surface area contributed by atoms with Crippen LogP contribution in [0.4, 0.5) is 0 Å². The van der Waals surface area contributed by atoms with Crippen LogP contribution in [0.1, 0.15) is 69.8 Å². The van der Waals surface area contributed by atoms with Crippen LogP contribution in [0.15, 0.2) is 30.3 Å². The van der Waals surface area contributed by atoms with Gasteiger partial charge in [0.15, 0.2) is 11.5 Å². The van der Waals surface area contributed by atoms with Crippen LogP contribution in [-0.2, 0) is 15.6 Å². The van der Waals surface area contributed by atoms with E-state index in [1.807, 2.05) is 6.07 Å². The van der Waals surface area contributed by atoms with Gasteiger partial charge in [0.1, 0.15) is 5.75 Å². The molecule has 0 bridgehead atoms. The maximum absolute atomic E-state index is 11.6. The summed E-state index contributed by atoms with van der Waals surface area (Å²) in [6.45, 7) is 16.4. The predicted molar refractivity (Wildman–Crippen MR) is 122 cm³/mol. The lowest BCUT2D eigenvalue weighted by Crippen LogP contribution is -2.39. The summed E-state index contributed by atoms with van der Waals surface area (Å²) in [6, 6.07) is 10.4. The topological polar surface area (TPSA) is 51.2 Å². The van der Waals surface area contributed by atoms with Gasteiger partial charge in [0.2, 0.25) is 6.79 Å². The van der Waals surface area contributed by atoms with E-state index in [1.54, 1.807) is 0 Å². The number of aromatic hydroxyl groups is 1. The van der Waals surface area contributed by atoms with Crippen LogP contribution in [0.3, 0.4) is 0 Å². The first-order valence-electron chi connectivity index (χ1n) is 11.1. The molecule has 0 unspecified atom stereocenters. The number of phenolic OH excluding ortho intramolecular Hbond substituents is 1. The Balaban J connectivity index is 1.92. The molecule has 2 aliphatic rings. The Morgan fingerprint density at radius 2 is 1.55 bits per heavy atom. The quantitative estimate of drug-likeness (QED) is 0.738. The van der Waals surface area contributed by atoms with Crippen molar-refractivity contribution in [1.29, 1.82) is 0 Å². The molecule has 4 rings (SSSR count). The van der Waals surface area contributed by atoms with Gasteiger partial charge in [0, 0.05) is 18.7 Å². The van der Waals surface area contributed by atoms with E-state index in [0.717, 1.165) is 41.3 Å². The predicted octanol–water partition coefficient (Wildman–Crippen LogP) is 5.14. The minimum absolute atomic E-state index is 0.0348. The average molecular weight is 426 g/mol. The highest BCUT2D eigenvalue weighted by Crippen LogP contribution is 2.45. The first-order valence-corrected chi connectivity index (χ1v) is 11.1. The van der Waals surface area contributed by atoms with Gasteiger partial charge in [-0.25, -0.2) is 0 Å². The smallest absolute Gasteiger partial charge is 0.231 e. The second-order valence-corrected chi connectivity index (χ2v) is 10.6. The molecule has 0 amide bonds. The minimum Gasteiger partial charge on any atom is -0.507 e. The standard InChI is InChI=1S/C26H35NO4/c1-25(2,3)18-14-19(24(28)20(15-18)26(4,5)6)23(27-9-11-29-12-10-27)17-7-8-21-22(13-17)31-16-30-21/h7-8,13-15,23,28H,9-12,16H2,1-6H3/t23-/m0/s1. The molecule has 0 spiro atoms. The minimum atomic E-state index is -0.176. The normalized spacial score (nSPS) is 18.3. The molecule has 31 heavy (non-hydrogen) atoms. The van der Waals surface area contributed by atoms with Crippen molar-refractivity contribution in [2.45, 2.75) is 58.4 Å².